The van der Waals surface area contributed by atoms with Gasteiger partial charge in [0.25, 0.3) is 11.7 Å². The number of carbonyl (C=O) groups is 2. The summed E-state index contributed by atoms with van der Waals surface area (Å²) in [5.74, 6) is -1.40. The molecule has 1 aliphatic carbocycles. The zero-order valence-electron chi connectivity index (χ0n) is 13.4. The van der Waals surface area contributed by atoms with Crippen molar-refractivity contribution in [2.45, 2.75) is 25.4 Å². The Morgan fingerprint density at radius 3 is 2.36 bits per heavy atom. The number of ether oxygens (including phenoxy) is 2. The Bertz CT molecular complexity index is 669. The fourth-order valence-corrected chi connectivity index (χ4v) is 2.31. The first-order chi connectivity index (χ1) is 11.8. The Balaban J connectivity index is 1.85. The Morgan fingerprint density at radius 2 is 1.76 bits per heavy atom. The van der Waals surface area contributed by atoms with E-state index in [-0.39, 0.29) is 30.7 Å². The van der Waals surface area contributed by atoms with E-state index in [9.17, 15) is 22.8 Å². The van der Waals surface area contributed by atoms with Crippen LogP contribution < -0.4 is 20.3 Å². The van der Waals surface area contributed by atoms with Gasteiger partial charge in [-0.2, -0.15) is 13.2 Å². The molecule has 136 valence electrons. The van der Waals surface area contributed by atoms with Gasteiger partial charge in [-0.3, -0.25) is 15.0 Å². The number of alkyl halides is 3. The summed E-state index contributed by atoms with van der Waals surface area (Å²) >= 11 is 0. The number of amides is 1. The van der Waals surface area contributed by atoms with Crippen molar-refractivity contribution in [1.29, 1.82) is 0 Å². The predicted molar refractivity (Wildman–Crippen MR) is 81.7 cm³/mol. The average Bonchev–Trinajstić information content (AvgIpc) is 3.05. The van der Waals surface area contributed by atoms with Crippen LogP contribution >= 0.6 is 0 Å². The fraction of sp³-hybridized carbons (Fsp3) is 0.375. The highest BCUT2D eigenvalue weighted by atomic mass is 19.4. The second-order valence-corrected chi connectivity index (χ2v) is 5.27. The van der Waals surface area contributed by atoms with Crippen molar-refractivity contribution in [1.82, 2.24) is 10.9 Å². The number of Topliss-reactive ketones (excluding diaryl/α,β-unsaturated/α-hetero) is 1. The molecule has 0 heterocycles. The minimum Gasteiger partial charge on any atom is -0.497 e. The van der Waals surface area contributed by atoms with Crippen molar-refractivity contribution >= 4 is 11.7 Å². The Labute approximate surface area is 142 Å². The Hall–Kier alpha value is -2.71. The summed E-state index contributed by atoms with van der Waals surface area (Å²) in [4.78, 5) is 23.0. The van der Waals surface area contributed by atoms with Crippen LogP contribution in [-0.4, -0.2) is 31.6 Å². The molecule has 6 nitrogen and oxygen atoms in total. The molecule has 1 aliphatic rings. The number of hydrogen-bond donors (Lipinski definition) is 2. The number of carbonyl (C=O) groups excluding carboxylic acids is 2. The van der Waals surface area contributed by atoms with Crippen molar-refractivity contribution in [3.63, 3.8) is 0 Å². The minimum absolute atomic E-state index is 0.0267. The first-order valence-corrected chi connectivity index (χ1v) is 7.46. The molecule has 0 spiro atoms. The van der Waals surface area contributed by atoms with Crippen LogP contribution in [0, 0.1) is 0 Å². The zero-order chi connectivity index (χ0) is 18.4. The molecule has 0 fully saturated rings. The lowest BCUT2D eigenvalue weighted by Gasteiger charge is -2.13. The molecule has 0 saturated heterocycles. The molecule has 2 rings (SSSR count). The molecule has 0 radical (unpaired) electrons. The third kappa shape index (κ3) is 5.13. The molecule has 0 atom stereocenters. The highest BCUT2D eigenvalue weighted by Crippen LogP contribution is 2.30. The van der Waals surface area contributed by atoms with E-state index in [0.29, 0.717) is 17.9 Å². The van der Waals surface area contributed by atoms with Gasteiger partial charge in [-0.15, -0.1) is 0 Å². The van der Waals surface area contributed by atoms with E-state index in [1.165, 1.54) is 7.11 Å². The Kier molecular flexibility index (Phi) is 5.89. The van der Waals surface area contributed by atoms with Gasteiger partial charge < -0.3 is 14.9 Å². The SMILES string of the molecule is COc1ccc(OCC(=O)NNC2=C(C(=O)C(F)(F)F)CCC2)cc1. The lowest BCUT2D eigenvalue weighted by Crippen LogP contribution is -2.40. The van der Waals surface area contributed by atoms with Gasteiger partial charge in [-0.1, -0.05) is 0 Å². The number of benzene rings is 1. The van der Waals surface area contributed by atoms with Gasteiger partial charge in [0.15, 0.2) is 6.61 Å². The van der Waals surface area contributed by atoms with Crippen LogP contribution in [0.25, 0.3) is 0 Å². The summed E-state index contributed by atoms with van der Waals surface area (Å²) in [6, 6.07) is 6.53. The monoisotopic (exact) mass is 358 g/mol. The van der Waals surface area contributed by atoms with Crippen molar-refractivity contribution in [2.24, 2.45) is 0 Å². The molecule has 1 amide bonds. The lowest BCUT2D eigenvalue weighted by molar-refractivity contribution is -0.166. The molecule has 0 aliphatic heterocycles. The summed E-state index contributed by atoms with van der Waals surface area (Å²) in [7, 11) is 1.52. The normalized spacial score (nSPS) is 14.2. The van der Waals surface area contributed by atoms with Crippen molar-refractivity contribution in [3.05, 3.63) is 35.5 Å². The van der Waals surface area contributed by atoms with E-state index in [1.807, 2.05) is 0 Å². The van der Waals surface area contributed by atoms with Crippen LogP contribution in [0.5, 0.6) is 11.5 Å². The molecule has 25 heavy (non-hydrogen) atoms. The first kappa shape index (κ1) is 18.6. The number of hydrazine groups is 1. The van der Waals surface area contributed by atoms with Gasteiger partial charge in [-0.25, -0.2) is 0 Å². The fourth-order valence-electron chi connectivity index (χ4n) is 2.31. The number of methoxy groups -OCH3 is 1. The first-order valence-electron chi connectivity index (χ1n) is 7.46. The molecule has 0 saturated carbocycles. The van der Waals surface area contributed by atoms with Crippen LogP contribution in [0.15, 0.2) is 35.5 Å². The van der Waals surface area contributed by atoms with Gasteiger partial charge in [0.2, 0.25) is 0 Å². The number of rotatable bonds is 7. The number of ketones is 1. The number of halogens is 3. The molecule has 1 aromatic rings. The van der Waals surface area contributed by atoms with Crippen LogP contribution in [0.3, 0.4) is 0 Å². The zero-order valence-corrected chi connectivity index (χ0v) is 13.4. The quantitative estimate of drug-likeness (QED) is 0.732. The second kappa shape index (κ2) is 7.91. The Morgan fingerprint density at radius 1 is 1.12 bits per heavy atom. The molecular weight excluding hydrogens is 341 g/mol. The molecule has 1 aromatic carbocycles. The van der Waals surface area contributed by atoms with E-state index in [2.05, 4.69) is 10.9 Å². The van der Waals surface area contributed by atoms with Crippen molar-refractivity contribution in [3.8, 4) is 11.5 Å². The third-order valence-corrected chi connectivity index (χ3v) is 3.53. The van der Waals surface area contributed by atoms with Gasteiger partial charge in [0, 0.05) is 11.3 Å². The largest absolute Gasteiger partial charge is 0.497 e. The third-order valence-electron chi connectivity index (χ3n) is 3.53. The average molecular weight is 358 g/mol. The maximum atomic E-state index is 12.5. The number of nitrogens with one attached hydrogen (secondary N) is 2. The van der Waals surface area contributed by atoms with Crippen molar-refractivity contribution in [2.75, 3.05) is 13.7 Å². The molecule has 0 aromatic heterocycles. The summed E-state index contributed by atoms with van der Waals surface area (Å²) < 4.78 is 47.8. The summed E-state index contributed by atoms with van der Waals surface area (Å²) in [5.41, 5.74) is 4.38. The van der Waals surface area contributed by atoms with E-state index in [4.69, 9.17) is 9.47 Å². The van der Waals surface area contributed by atoms with Crippen LogP contribution in [0.4, 0.5) is 13.2 Å². The number of allylic oxidation sites excluding steroid dienone is 2. The molecular formula is C16H17F3N2O4. The lowest BCUT2D eigenvalue weighted by atomic mass is 10.1. The standard InChI is InChI=1S/C16H17F3N2O4/c1-24-10-5-7-11(8-6-10)25-9-14(22)21-20-13-4-2-3-12(13)15(23)16(17,18)19/h5-8,20H,2-4,9H2,1H3,(H,21,22). The van der Waals surface area contributed by atoms with E-state index >= 15 is 0 Å². The highest BCUT2D eigenvalue weighted by Gasteiger charge is 2.42. The molecule has 2 N–H and O–H groups in total. The molecule has 0 bridgehead atoms. The van der Waals surface area contributed by atoms with Crippen molar-refractivity contribution < 1.29 is 32.2 Å². The maximum absolute atomic E-state index is 12.5. The summed E-state index contributed by atoms with van der Waals surface area (Å²) in [5, 5.41) is 0. The smallest absolute Gasteiger partial charge is 0.454 e. The van der Waals surface area contributed by atoms with Crippen LogP contribution in [0.2, 0.25) is 0 Å². The minimum atomic E-state index is -4.92. The summed E-state index contributed by atoms with van der Waals surface area (Å²) in [6.45, 7) is -0.338. The molecule has 9 heteroatoms. The van der Waals surface area contributed by atoms with E-state index in [1.54, 1.807) is 24.3 Å². The summed E-state index contributed by atoms with van der Waals surface area (Å²) in [6.07, 6.45) is -4.22. The topological polar surface area (TPSA) is 76.7 Å². The number of hydrogen-bond acceptors (Lipinski definition) is 5. The highest BCUT2D eigenvalue weighted by molar-refractivity contribution is 6.00. The predicted octanol–water partition coefficient (Wildman–Crippen LogP) is 2.26. The van der Waals surface area contributed by atoms with Crippen LogP contribution in [0.1, 0.15) is 19.3 Å². The van der Waals surface area contributed by atoms with Gasteiger partial charge in [-0.05, 0) is 43.5 Å². The van der Waals surface area contributed by atoms with Gasteiger partial charge in [0.05, 0.1) is 7.11 Å². The second-order valence-electron chi connectivity index (χ2n) is 5.27. The van der Waals surface area contributed by atoms with E-state index < -0.39 is 17.9 Å². The van der Waals surface area contributed by atoms with E-state index in [0.717, 1.165) is 0 Å². The maximum Gasteiger partial charge on any atom is 0.454 e. The van der Waals surface area contributed by atoms with Gasteiger partial charge in [0.1, 0.15) is 11.5 Å². The van der Waals surface area contributed by atoms with Gasteiger partial charge >= 0.3 is 6.18 Å². The molecule has 0 unspecified atom stereocenters. The van der Waals surface area contributed by atoms with Crippen LogP contribution in [-0.2, 0) is 9.59 Å².